The van der Waals surface area contributed by atoms with E-state index in [-0.39, 0.29) is 6.61 Å². The van der Waals surface area contributed by atoms with Crippen LogP contribution in [0, 0.1) is 11.3 Å². The summed E-state index contributed by atoms with van der Waals surface area (Å²) in [7, 11) is 0. The monoisotopic (exact) mass is 264 g/mol. The molecule has 0 amide bonds. The van der Waals surface area contributed by atoms with Crippen LogP contribution in [0.25, 0.3) is 0 Å². The molecule has 0 bridgehead atoms. The van der Waals surface area contributed by atoms with Crippen molar-refractivity contribution in [3.8, 4) is 11.8 Å². The second-order valence-electron chi connectivity index (χ2n) is 4.99. The van der Waals surface area contributed by atoms with Gasteiger partial charge in [-0.25, -0.2) is 0 Å². The summed E-state index contributed by atoms with van der Waals surface area (Å²) in [5.74, 6) is 0.729. The average molecular weight is 264 g/mol. The molecular weight excluding hydrogens is 248 g/mol. The molecule has 0 fully saturated rings. The van der Waals surface area contributed by atoms with Crippen LogP contribution in [0.2, 0.25) is 0 Å². The Morgan fingerprint density at radius 2 is 1.85 bits per heavy atom. The second kappa shape index (κ2) is 5.66. The lowest BCUT2D eigenvalue weighted by Crippen LogP contribution is -2.19. The van der Waals surface area contributed by atoms with Gasteiger partial charge >= 0.3 is 0 Å². The molecule has 1 aliphatic carbocycles. The Kier molecular flexibility index (Phi) is 3.56. The summed E-state index contributed by atoms with van der Waals surface area (Å²) in [5, 5.41) is 12.1. The second-order valence-corrected chi connectivity index (χ2v) is 4.99. The Morgan fingerprint density at radius 3 is 2.55 bits per heavy atom. The molecule has 3 rings (SSSR count). The Labute approximate surface area is 118 Å². The van der Waals surface area contributed by atoms with Gasteiger partial charge in [0.25, 0.3) is 0 Å². The van der Waals surface area contributed by atoms with E-state index in [0.29, 0.717) is 6.04 Å². The summed E-state index contributed by atoms with van der Waals surface area (Å²) in [5.41, 5.74) is 3.90. The number of fused-ring (bicyclic) bond motifs is 1. The normalized spacial score (nSPS) is 13.6. The van der Waals surface area contributed by atoms with Crippen molar-refractivity contribution >= 4 is 5.69 Å². The first-order valence-corrected chi connectivity index (χ1v) is 6.78. The maximum absolute atomic E-state index is 8.54. The largest absolute Gasteiger partial charge is 0.479 e. The number of rotatable bonds is 4. The van der Waals surface area contributed by atoms with Crippen LogP contribution in [0.1, 0.15) is 11.1 Å². The number of nitriles is 1. The fourth-order valence-electron chi connectivity index (χ4n) is 2.69. The highest BCUT2D eigenvalue weighted by Crippen LogP contribution is 2.25. The first kappa shape index (κ1) is 12.6. The van der Waals surface area contributed by atoms with Crippen LogP contribution in [0.5, 0.6) is 5.75 Å². The standard InChI is InChI=1S/C17H16N2O/c18-8-9-20-17-7-3-6-15(12-17)19-16-10-13-4-1-2-5-14(13)11-16/h1-7,12,16,19H,9-11H2. The minimum atomic E-state index is 0.0817. The highest BCUT2D eigenvalue weighted by atomic mass is 16.5. The number of hydrogen-bond acceptors (Lipinski definition) is 3. The van der Waals surface area contributed by atoms with E-state index in [2.05, 4.69) is 29.6 Å². The maximum Gasteiger partial charge on any atom is 0.174 e. The van der Waals surface area contributed by atoms with E-state index in [1.165, 1.54) is 11.1 Å². The Balaban J connectivity index is 1.66. The minimum absolute atomic E-state index is 0.0817. The van der Waals surface area contributed by atoms with Gasteiger partial charge in [0.05, 0.1) is 0 Å². The smallest absolute Gasteiger partial charge is 0.174 e. The maximum atomic E-state index is 8.54. The number of nitrogens with zero attached hydrogens (tertiary/aromatic N) is 1. The zero-order chi connectivity index (χ0) is 13.8. The molecule has 0 saturated heterocycles. The summed E-state index contributed by atoms with van der Waals surface area (Å²) in [6, 6.07) is 18.8. The van der Waals surface area contributed by atoms with Crippen molar-refractivity contribution in [2.45, 2.75) is 18.9 Å². The molecule has 0 saturated carbocycles. The van der Waals surface area contributed by atoms with Crippen molar-refractivity contribution in [3.63, 3.8) is 0 Å². The van der Waals surface area contributed by atoms with Crippen LogP contribution in [0.15, 0.2) is 48.5 Å². The van der Waals surface area contributed by atoms with Gasteiger partial charge in [-0.2, -0.15) is 5.26 Å². The fraction of sp³-hybridized carbons (Fsp3) is 0.235. The number of hydrogen-bond donors (Lipinski definition) is 1. The SMILES string of the molecule is N#CCOc1cccc(NC2Cc3ccccc3C2)c1. The van der Waals surface area contributed by atoms with Crippen molar-refractivity contribution in [2.75, 3.05) is 11.9 Å². The van der Waals surface area contributed by atoms with Crippen LogP contribution in [0.3, 0.4) is 0 Å². The Bertz CT molecular complexity index is 620. The first-order valence-electron chi connectivity index (χ1n) is 6.78. The molecular formula is C17H16N2O. The third-order valence-electron chi connectivity index (χ3n) is 3.56. The van der Waals surface area contributed by atoms with E-state index < -0.39 is 0 Å². The lowest BCUT2D eigenvalue weighted by Gasteiger charge is -2.14. The van der Waals surface area contributed by atoms with Crippen LogP contribution >= 0.6 is 0 Å². The molecule has 20 heavy (non-hydrogen) atoms. The van der Waals surface area contributed by atoms with Gasteiger partial charge in [-0.1, -0.05) is 30.3 Å². The van der Waals surface area contributed by atoms with Crippen LogP contribution in [-0.4, -0.2) is 12.6 Å². The van der Waals surface area contributed by atoms with E-state index in [9.17, 15) is 0 Å². The topological polar surface area (TPSA) is 45.0 Å². The molecule has 3 nitrogen and oxygen atoms in total. The zero-order valence-electron chi connectivity index (χ0n) is 11.2. The summed E-state index contributed by atoms with van der Waals surface area (Å²) < 4.78 is 5.32. The van der Waals surface area contributed by atoms with Crippen molar-refractivity contribution in [3.05, 3.63) is 59.7 Å². The van der Waals surface area contributed by atoms with Crippen molar-refractivity contribution in [1.29, 1.82) is 5.26 Å². The van der Waals surface area contributed by atoms with E-state index in [0.717, 1.165) is 24.3 Å². The molecule has 0 aliphatic heterocycles. The van der Waals surface area contributed by atoms with E-state index >= 15 is 0 Å². The Morgan fingerprint density at radius 1 is 1.10 bits per heavy atom. The molecule has 100 valence electrons. The Hall–Kier alpha value is -2.47. The number of anilines is 1. The quantitative estimate of drug-likeness (QED) is 0.922. The fourth-order valence-corrected chi connectivity index (χ4v) is 2.69. The van der Waals surface area contributed by atoms with Gasteiger partial charge in [-0.05, 0) is 36.1 Å². The van der Waals surface area contributed by atoms with Gasteiger partial charge in [0, 0.05) is 17.8 Å². The van der Waals surface area contributed by atoms with E-state index in [1.807, 2.05) is 30.3 Å². The van der Waals surface area contributed by atoms with Crippen LogP contribution < -0.4 is 10.1 Å². The van der Waals surface area contributed by atoms with Gasteiger partial charge in [0.2, 0.25) is 0 Å². The first-order chi connectivity index (χ1) is 9.85. The zero-order valence-corrected chi connectivity index (χ0v) is 11.2. The highest BCUT2D eigenvalue weighted by Gasteiger charge is 2.20. The number of benzene rings is 2. The average Bonchev–Trinajstić information content (AvgIpc) is 2.87. The van der Waals surface area contributed by atoms with Gasteiger partial charge in [-0.15, -0.1) is 0 Å². The summed E-state index contributed by atoms with van der Waals surface area (Å²) in [4.78, 5) is 0. The number of nitrogens with one attached hydrogen (secondary N) is 1. The summed E-state index contributed by atoms with van der Waals surface area (Å²) in [6.07, 6.45) is 2.11. The summed E-state index contributed by atoms with van der Waals surface area (Å²) in [6.45, 7) is 0.0817. The van der Waals surface area contributed by atoms with Crippen LogP contribution in [0.4, 0.5) is 5.69 Å². The van der Waals surface area contributed by atoms with Crippen molar-refractivity contribution < 1.29 is 4.74 Å². The third kappa shape index (κ3) is 2.75. The van der Waals surface area contributed by atoms with Gasteiger partial charge in [0.15, 0.2) is 6.61 Å². The lowest BCUT2D eigenvalue weighted by molar-refractivity contribution is 0.368. The molecule has 0 aromatic heterocycles. The summed E-state index contributed by atoms with van der Waals surface area (Å²) >= 11 is 0. The molecule has 0 radical (unpaired) electrons. The van der Waals surface area contributed by atoms with Crippen LogP contribution in [-0.2, 0) is 12.8 Å². The molecule has 1 N–H and O–H groups in total. The molecule has 0 heterocycles. The number of ether oxygens (including phenoxy) is 1. The van der Waals surface area contributed by atoms with Crippen molar-refractivity contribution in [2.24, 2.45) is 0 Å². The van der Waals surface area contributed by atoms with Gasteiger partial charge < -0.3 is 10.1 Å². The predicted molar refractivity (Wildman–Crippen MR) is 78.8 cm³/mol. The predicted octanol–water partition coefficient (Wildman–Crippen LogP) is 3.17. The third-order valence-corrected chi connectivity index (χ3v) is 3.56. The molecule has 0 unspecified atom stereocenters. The molecule has 2 aromatic carbocycles. The molecule has 2 aromatic rings. The lowest BCUT2D eigenvalue weighted by atomic mass is 10.1. The molecule has 3 heteroatoms. The van der Waals surface area contributed by atoms with Crippen molar-refractivity contribution in [1.82, 2.24) is 0 Å². The van der Waals surface area contributed by atoms with Gasteiger partial charge in [0.1, 0.15) is 11.8 Å². The van der Waals surface area contributed by atoms with E-state index in [1.54, 1.807) is 0 Å². The molecule has 0 atom stereocenters. The molecule has 0 spiro atoms. The highest BCUT2D eigenvalue weighted by molar-refractivity contribution is 5.50. The van der Waals surface area contributed by atoms with Gasteiger partial charge in [-0.3, -0.25) is 0 Å². The van der Waals surface area contributed by atoms with E-state index in [4.69, 9.17) is 10.00 Å². The minimum Gasteiger partial charge on any atom is -0.479 e. The molecule has 1 aliphatic rings.